The summed E-state index contributed by atoms with van der Waals surface area (Å²) in [4.78, 5) is 10.8. The molecule has 1 rings (SSSR count). The van der Waals surface area contributed by atoms with E-state index in [1.807, 2.05) is 44.2 Å². The Bertz CT molecular complexity index is 365. The van der Waals surface area contributed by atoms with Gasteiger partial charge in [-0.3, -0.25) is 4.79 Å². The molecule has 0 aliphatic rings. The minimum absolute atomic E-state index is 0.244. The number of rotatable bonds is 4. The van der Waals surface area contributed by atoms with Gasteiger partial charge in [-0.25, -0.2) is 0 Å². The van der Waals surface area contributed by atoms with Crippen molar-refractivity contribution in [3.8, 4) is 5.75 Å². The van der Waals surface area contributed by atoms with Gasteiger partial charge in [-0.2, -0.15) is 0 Å². The van der Waals surface area contributed by atoms with Crippen LogP contribution in [0.5, 0.6) is 5.75 Å². The van der Waals surface area contributed by atoms with Crippen molar-refractivity contribution in [2.45, 2.75) is 13.8 Å². The summed E-state index contributed by atoms with van der Waals surface area (Å²) in [5.41, 5.74) is 1.79. The highest BCUT2D eigenvalue weighted by atomic mass is 16.5. The molecule has 0 spiro atoms. The van der Waals surface area contributed by atoms with Gasteiger partial charge >= 0.3 is 0 Å². The van der Waals surface area contributed by atoms with E-state index >= 15 is 0 Å². The molecule has 0 bridgehead atoms. The van der Waals surface area contributed by atoms with E-state index in [2.05, 4.69) is 0 Å². The Hall–Kier alpha value is -1.57. The molecule has 0 N–H and O–H groups in total. The molecule has 1 aromatic carbocycles. The minimum Gasteiger partial charge on any atom is -0.497 e. The van der Waals surface area contributed by atoms with E-state index in [4.69, 9.17) is 4.74 Å². The monoisotopic (exact) mass is 204 g/mol. The van der Waals surface area contributed by atoms with Gasteiger partial charge in [-0.1, -0.05) is 26.0 Å². The smallest absolute Gasteiger partial charge is 0.146 e. The van der Waals surface area contributed by atoms with Crippen LogP contribution in [-0.2, 0) is 4.79 Å². The van der Waals surface area contributed by atoms with E-state index in [1.54, 1.807) is 7.11 Å². The van der Waals surface area contributed by atoms with Gasteiger partial charge in [0, 0.05) is 0 Å². The molecule has 80 valence electrons. The van der Waals surface area contributed by atoms with E-state index in [9.17, 15) is 4.79 Å². The number of aldehydes is 1. The van der Waals surface area contributed by atoms with Crippen LogP contribution in [0.4, 0.5) is 0 Å². The Morgan fingerprint density at radius 2 is 2.13 bits per heavy atom. The van der Waals surface area contributed by atoms with Crippen LogP contribution in [0.2, 0.25) is 0 Å². The molecule has 0 aliphatic carbocycles. The average molecular weight is 204 g/mol. The zero-order valence-electron chi connectivity index (χ0n) is 9.36. The molecular formula is C13H16O2. The number of carbonyl (C=O) groups is 1. The first-order valence-electron chi connectivity index (χ1n) is 4.98. The van der Waals surface area contributed by atoms with Gasteiger partial charge in [-0.15, -0.1) is 0 Å². The third kappa shape index (κ3) is 3.24. The number of carbonyl (C=O) groups excluding carboxylic acids is 1. The fourth-order valence-electron chi connectivity index (χ4n) is 1.26. The first-order chi connectivity index (χ1) is 7.17. The van der Waals surface area contributed by atoms with E-state index < -0.39 is 0 Å². The molecule has 0 saturated heterocycles. The molecule has 0 heterocycles. The number of ether oxygens (including phenoxy) is 1. The van der Waals surface area contributed by atoms with Crippen LogP contribution in [0.3, 0.4) is 0 Å². The Balaban J connectivity index is 3.00. The lowest BCUT2D eigenvalue weighted by Crippen LogP contribution is -1.94. The zero-order chi connectivity index (χ0) is 11.3. The summed E-state index contributed by atoms with van der Waals surface area (Å²) in [6.07, 6.45) is 2.80. The first-order valence-corrected chi connectivity index (χ1v) is 4.98. The molecular weight excluding hydrogens is 188 g/mol. The topological polar surface area (TPSA) is 26.3 Å². The molecule has 0 radical (unpaired) electrons. The second-order valence-electron chi connectivity index (χ2n) is 3.69. The lowest BCUT2D eigenvalue weighted by Gasteiger charge is -2.04. The Labute approximate surface area is 90.6 Å². The molecule has 2 heteroatoms. The number of allylic oxidation sites excluding steroid dienone is 1. The fraction of sp³-hybridized carbons (Fsp3) is 0.308. The van der Waals surface area contributed by atoms with Crippen molar-refractivity contribution in [2.75, 3.05) is 7.11 Å². The van der Waals surface area contributed by atoms with E-state index in [0.717, 1.165) is 23.2 Å². The number of hydrogen-bond acceptors (Lipinski definition) is 2. The molecule has 0 fully saturated rings. The van der Waals surface area contributed by atoms with Crippen molar-refractivity contribution in [1.29, 1.82) is 0 Å². The summed E-state index contributed by atoms with van der Waals surface area (Å²) >= 11 is 0. The van der Waals surface area contributed by atoms with Crippen molar-refractivity contribution < 1.29 is 9.53 Å². The molecule has 1 aromatic rings. The Morgan fingerprint density at radius 3 is 2.67 bits per heavy atom. The van der Waals surface area contributed by atoms with Gasteiger partial charge in [0.05, 0.1) is 7.11 Å². The second-order valence-corrected chi connectivity index (χ2v) is 3.69. The molecule has 0 saturated carbocycles. The maximum Gasteiger partial charge on any atom is 0.146 e. The van der Waals surface area contributed by atoms with Gasteiger partial charge in [0.1, 0.15) is 12.0 Å². The van der Waals surface area contributed by atoms with Gasteiger partial charge in [0.15, 0.2) is 0 Å². The standard InChI is InChI=1S/C13H16O2/c1-10(2)12(9-14)7-11-5-4-6-13(8-11)15-3/h4-10H,1-3H3/b12-7-. The lowest BCUT2D eigenvalue weighted by molar-refractivity contribution is -0.105. The summed E-state index contributed by atoms with van der Waals surface area (Å²) < 4.78 is 5.11. The van der Waals surface area contributed by atoms with Crippen LogP contribution in [0.15, 0.2) is 29.8 Å². The lowest BCUT2D eigenvalue weighted by atomic mass is 10.0. The predicted molar refractivity (Wildman–Crippen MR) is 61.9 cm³/mol. The van der Waals surface area contributed by atoms with Gasteiger partial charge in [0.25, 0.3) is 0 Å². The predicted octanol–water partition coefficient (Wildman–Crippen LogP) is 2.93. The van der Waals surface area contributed by atoms with E-state index in [0.29, 0.717) is 0 Å². The SMILES string of the molecule is COc1cccc(/C=C(/C=O)C(C)C)c1. The normalized spacial score (nSPS) is 11.6. The third-order valence-corrected chi connectivity index (χ3v) is 2.23. The summed E-state index contributed by atoms with van der Waals surface area (Å²) in [5.74, 6) is 1.05. The van der Waals surface area contributed by atoms with Crippen molar-refractivity contribution >= 4 is 12.4 Å². The quantitative estimate of drug-likeness (QED) is 0.556. The summed E-state index contributed by atoms with van der Waals surface area (Å²) in [5, 5.41) is 0. The fourth-order valence-corrected chi connectivity index (χ4v) is 1.26. The number of hydrogen-bond donors (Lipinski definition) is 0. The maximum absolute atomic E-state index is 10.8. The number of benzene rings is 1. The van der Waals surface area contributed by atoms with Crippen LogP contribution in [0, 0.1) is 5.92 Å². The number of methoxy groups -OCH3 is 1. The molecule has 0 aromatic heterocycles. The largest absolute Gasteiger partial charge is 0.497 e. The second kappa shape index (κ2) is 5.35. The van der Waals surface area contributed by atoms with Crippen LogP contribution in [0.1, 0.15) is 19.4 Å². The molecule has 0 aliphatic heterocycles. The van der Waals surface area contributed by atoms with Crippen molar-refractivity contribution in [3.05, 3.63) is 35.4 Å². The van der Waals surface area contributed by atoms with Gasteiger partial charge < -0.3 is 4.74 Å². The van der Waals surface area contributed by atoms with Crippen LogP contribution in [0.25, 0.3) is 6.08 Å². The van der Waals surface area contributed by atoms with Gasteiger partial charge in [0.2, 0.25) is 0 Å². The highest BCUT2D eigenvalue weighted by Crippen LogP contribution is 2.17. The third-order valence-electron chi connectivity index (χ3n) is 2.23. The van der Waals surface area contributed by atoms with Crippen molar-refractivity contribution in [1.82, 2.24) is 0 Å². The van der Waals surface area contributed by atoms with Crippen LogP contribution < -0.4 is 4.74 Å². The van der Waals surface area contributed by atoms with Crippen molar-refractivity contribution in [2.24, 2.45) is 5.92 Å². The first kappa shape index (κ1) is 11.5. The average Bonchev–Trinajstić information content (AvgIpc) is 2.25. The van der Waals surface area contributed by atoms with Crippen LogP contribution in [-0.4, -0.2) is 13.4 Å². The molecule has 2 nitrogen and oxygen atoms in total. The highest BCUT2D eigenvalue weighted by molar-refractivity contribution is 5.82. The highest BCUT2D eigenvalue weighted by Gasteiger charge is 2.01. The molecule has 0 unspecified atom stereocenters. The Morgan fingerprint density at radius 1 is 1.40 bits per heavy atom. The minimum atomic E-state index is 0.244. The van der Waals surface area contributed by atoms with Gasteiger partial charge in [-0.05, 0) is 35.3 Å². The molecule has 15 heavy (non-hydrogen) atoms. The molecule has 0 amide bonds. The zero-order valence-corrected chi connectivity index (χ0v) is 9.36. The molecule has 0 atom stereocenters. The van der Waals surface area contributed by atoms with E-state index in [-0.39, 0.29) is 5.92 Å². The van der Waals surface area contributed by atoms with E-state index in [1.165, 1.54) is 0 Å². The Kier molecular flexibility index (Phi) is 4.10. The summed E-state index contributed by atoms with van der Waals surface area (Å²) in [6, 6.07) is 7.65. The van der Waals surface area contributed by atoms with Crippen molar-refractivity contribution in [3.63, 3.8) is 0 Å². The summed E-state index contributed by atoms with van der Waals surface area (Å²) in [7, 11) is 1.63. The van der Waals surface area contributed by atoms with Crippen LogP contribution >= 0.6 is 0 Å². The summed E-state index contributed by atoms with van der Waals surface area (Å²) in [6.45, 7) is 4.00. The maximum atomic E-state index is 10.8.